The molecule has 0 aliphatic heterocycles. The van der Waals surface area contributed by atoms with E-state index in [-0.39, 0.29) is 0 Å². The molecule has 1 unspecified atom stereocenters. The van der Waals surface area contributed by atoms with Gasteiger partial charge in [-0.15, -0.1) is 0 Å². The van der Waals surface area contributed by atoms with Crippen LogP contribution in [0.2, 0.25) is 0 Å². The third-order valence-electron chi connectivity index (χ3n) is 12.1. The van der Waals surface area contributed by atoms with Crippen LogP contribution in [0.5, 0.6) is 0 Å². The van der Waals surface area contributed by atoms with Gasteiger partial charge in [-0.25, -0.2) is 0 Å². The van der Waals surface area contributed by atoms with Crippen molar-refractivity contribution in [3.63, 3.8) is 0 Å². The van der Waals surface area contributed by atoms with Gasteiger partial charge in [-0.3, -0.25) is 0 Å². The summed E-state index contributed by atoms with van der Waals surface area (Å²) in [6.45, 7) is 6.52. The number of benzene rings is 9. The van der Waals surface area contributed by atoms with E-state index in [0.29, 0.717) is 5.92 Å². The van der Waals surface area contributed by atoms with Crippen LogP contribution in [0.1, 0.15) is 30.0 Å². The molecule has 11 aromatic rings. The predicted molar refractivity (Wildman–Crippen MR) is 262 cm³/mol. The summed E-state index contributed by atoms with van der Waals surface area (Å²) < 4.78 is 8.28. The Labute approximate surface area is 357 Å². The quantitative estimate of drug-likeness (QED) is 0.174. The first-order valence-electron chi connectivity index (χ1n) is 21.3. The van der Waals surface area contributed by atoms with Crippen molar-refractivity contribution >= 4 is 70.9 Å². The van der Waals surface area contributed by atoms with Crippen LogP contribution in [0.15, 0.2) is 217 Å². The van der Waals surface area contributed by atoms with Crippen LogP contribution in [0.25, 0.3) is 87.7 Å². The normalized spacial score (nSPS) is 13.6. The van der Waals surface area contributed by atoms with Crippen molar-refractivity contribution in [1.82, 2.24) is 4.57 Å². The number of furan rings is 1. The molecule has 0 fully saturated rings. The third-order valence-corrected chi connectivity index (χ3v) is 12.1. The first kappa shape index (κ1) is 37.8. The minimum Gasteiger partial charge on any atom is -0.456 e. The van der Waals surface area contributed by atoms with Crippen molar-refractivity contribution in [2.45, 2.75) is 27.2 Å². The van der Waals surface area contributed by atoms with E-state index in [1.165, 1.54) is 93.2 Å². The van der Waals surface area contributed by atoms with Crippen molar-refractivity contribution < 1.29 is 4.42 Å². The number of nitrogens with zero attached hydrogens (tertiary/aromatic N) is 1. The Morgan fingerprint density at radius 2 is 1.11 bits per heavy atom. The molecule has 1 aliphatic carbocycles. The van der Waals surface area contributed by atoms with Crippen LogP contribution in [-0.4, -0.2) is 4.57 Å². The van der Waals surface area contributed by atoms with Crippen LogP contribution in [0.4, 0.5) is 0 Å². The molecule has 1 aliphatic rings. The largest absolute Gasteiger partial charge is 0.456 e. The number of aromatic nitrogens is 1. The summed E-state index contributed by atoms with van der Waals surface area (Å²) in [7, 11) is 0. The van der Waals surface area contributed by atoms with Gasteiger partial charge in [-0.1, -0.05) is 182 Å². The van der Waals surface area contributed by atoms with E-state index < -0.39 is 0 Å². The second-order valence-corrected chi connectivity index (χ2v) is 16.3. The summed E-state index contributed by atoms with van der Waals surface area (Å²) in [6.07, 6.45) is 8.08. The molecule has 61 heavy (non-hydrogen) atoms. The molecule has 0 amide bonds. The highest BCUT2D eigenvalue weighted by atomic mass is 16.3. The Kier molecular flexibility index (Phi) is 10.1. The standard InChI is InChI=1S/C29H23N.C19H14O.C11H10/c1-20-11-13-21(14-12-20)23-16-18-28-27(19-23)26-17-15-22-7-5-6-10-25(22)29(26)30(28)24-8-3-2-4-9-24;1-13-6-8-14(9-7-13)15-10-11-19-17(12-15)16-4-2-3-5-18(16)20-19;1-9-5-4-7-10-6-2-3-8-11(9)10/h2-11,13-20H,12H2,1H3;2-12H,1H3;2-8H,1H3. The minimum atomic E-state index is 0.629. The number of fused-ring (bicyclic) bond motifs is 9. The number of rotatable bonds is 3. The average molecular weight is 786 g/mol. The molecular formula is C59H47NO. The second-order valence-electron chi connectivity index (χ2n) is 16.3. The average Bonchev–Trinajstić information content (AvgIpc) is 3.86. The van der Waals surface area contributed by atoms with Gasteiger partial charge in [0.2, 0.25) is 0 Å². The summed E-state index contributed by atoms with van der Waals surface area (Å²) in [5, 5.41) is 10.2. The van der Waals surface area contributed by atoms with Gasteiger partial charge in [-0.2, -0.15) is 0 Å². The maximum atomic E-state index is 5.86. The molecule has 9 aromatic carbocycles. The maximum Gasteiger partial charge on any atom is 0.135 e. The molecule has 0 spiro atoms. The maximum absolute atomic E-state index is 5.86. The highest BCUT2D eigenvalue weighted by molar-refractivity contribution is 6.19. The fraction of sp³-hybridized carbons (Fsp3) is 0.0847. The molecule has 0 N–H and O–H groups in total. The van der Waals surface area contributed by atoms with Gasteiger partial charge in [-0.05, 0) is 113 Å². The lowest BCUT2D eigenvalue weighted by molar-refractivity contribution is 0.669. The Morgan fingerprint density at radius 1 is 0.475 bits per heavy atom. The van der Waals surface area contributed by atoms with Crippen LogP contribution in [0, 0.1) is 19.8 Å². The fourth-order valence-electron chi connectivity index (χ4n) is 8.79. The fourth-order valence-corrected chi connectivity index (χ4v) is 8.79. The Balaban J connectivity index is 0.000000123. The van der Waals surface area contributed by atoms with Crippen molar-refractivity contribution in [1.29, 1.82) is 0 Å². The summed E-state index contributed by atoms with van der Waals surface area (Å²) in [5.74, 6) is 0.629. The van der Waals surface area contributed by atoms with Gasteiger partial charge < -0.3 is 8.98 Å². The molecule has 2 nitrogen and oxygen atoms in total. The first-order valence-corrected chi connectivity index (χ1v) is 21.3. The van der Waals surface area contributed by atoms with Crippen LogP contribution >= 0.6 is 0 Å². The van der Waals surface area contributed by atoms with Gasteiger partial charge in [0.25, 0.3) is 0 Å². The van der Waals surface area contributed by atoms with E-state index in [1.807, 2.05) is 12.1 Å². The molecule has 12 rings (SSSR count). The Bertz CT molecular complexity index is 3410. The molecule has 2 heterocycles. The van der Waals surface area contributed by atoms with E-state index in [2.05, 4.69) is 226 Å². The summed E-state index contributed by atoms with van der Waals surface area (Å²) in [5.41, 5.74) is 13.4. The lowest BCUT2D eigenvalue weighted by Crippen LogP contribution is -1.95. The van der Waals surface area contributed by atoms with E-state index in [9.17, 15) is 0 Å². The Morgan fingerprint density at radius 3 is 1.89 bits per heavy atom. The predicted octanol–water partition coefficient (Wildman–Crippen LogP) is 16.6. The van der Waals surface area contributed by atoms with Gasteiger partial charge >= 0.3 is 0 Å². The smallest absolute Gasteiger partial charge is 0.135 e. The highest BCUT2D eigenvalue weighted by Gasteiger charge is 2.16. The van der Waals surface area contributed by atoms with E-state index in [0.717, 1.165) is 17.6 Å². The van der Waals surface area contributed by atoms with Gasteiger partial charge in [0, 0.05) is 32.6 Å². The number of aryl methyl sites for hydroxylation is 2. The van der Waals surface area contributed by atoms with Crippen LogP contribution < -0.4 is 0 Å². The summed E-state index contributed by atoms with van der Waals surface area (Å²) in [6, 6.07) is 68.9. The topological polar surface area (TPSA) is 18.1 Å². The highest BCUT2D eigenvalue weighted by Crippen LogP contribution is 2.38. The molecule has 0 bridgehead atoms. The molecule has 0 saturated heterocycles. The van der Waals surface area contributed by atoms with Crippen molar-refractivity contribution in [2.24, 2.45) is 5.92 Å². The zero-order chi connectivity index (χ0) is 41.3. The zero-order valence-electron chi connectivity index (χ0n) is 34.8. The van der Waals surface area contributed by atoms with Crippen LogP contribution in [-0.2, 0) is 0 Å². The number of allylic oxidation sites excluding steroid dienone is 4. The summed E-state index contributed by atoms with van der Waals surface area (Å²) in [4.78, 5) is 0. The van der Waals surface area contributed by atoms with Crippen molar-refractivity contribution in [3.8, 4) is 16.8 Å². The monoisotopic (exact) mass is 785 g/mol. The lowest BCUT2D eigenvalue weighted by atomic mass is 9.93. The molecule has 0 radical (unpaired) electrons. The number of hydrogen-bond donors (Lipinski definition) is 0. The van der Waals surface area contributed by atoms with E-state index in [1.54, 1.807) is 0 Å². The van der Waals surface area contributed by atoms with E-state index >= 15 is 0 Å². The molecule has 294 valence electrons. The molecule has 1 atom stereocenters. The third kappa shape index (κ3) is 7.43. The lowest BCUT2D eigenvalue weighted by Gasteiger charge is -2.12. The molecule has 2 aromatic heterocycles. The second kappa shape index (κ2) is 16.3. The number of para-hydroxylation sites is 2. The first-order chi connectivity index (χ1) is 30.0. The number of hydrogen-bond acceptors (Lipinski definition) is 1. The van der Waals surface area contributed by atoms with Crippen molar-refractivity contribution in [2.75, 3.05) is 0 Å². The van der Waals surface area contributed by atoms with Gasteiger partial charge in [0.15, 0.2) is 0 Å². The summed E-state index contributed by atoms with van der Waals surface area (Å²) >= 11 is 0. The molecule has 0 saturated carbocycles. The zero-order valence-corrected chi connectivity index (χ0v) is 34.8. The van der Waals surface area contributed by atoms with Crippen molar-refractivity contribution in [3.05, 3.63) is 229 Å². The van der Waals surface area contributed by atoms with Gasteiger partial charge in [0.05, 0.1) is 11.0 Å². The Hall–Kier alpha value is -7.42. The minimum absolute atomic E-state index is 0.629. The van der Waals surface area contributed by atoms with E-state index in [4.69, 9.17) is 4.42 Å². The molecule has 2 heteroatoms. The van der Waals surface area contributed by atoms with Gasteiger partial charge in [0.1, 0.15) is 11.2 Å². The SMILES string of the molecule is CC1C=CC(c2ccc3c(c2)c2ccc4ccccc4c2n3-c2ccccc2)=CC1.Cc1ccc(-c2ccc3oc4ccccc4c3c2)cc1.Cc1cccc2ccccc12. The molecular weight excluding hydrogens is 739 g/mol. The van der Waals surface area contributed by atoms with Crippen LogP contribution in [0.3, 0.4) is 0 Å².